The highest BCUT2D eigenvalue weighted by Crippen LogP contribution is 1.82. The van der Waals surface area contributed by atoms with Gasteiger partial charge in [-0.1, -0.05) is 13.8 Å². The normalized spacial score (nSPS) is 11.0. The molecule has 0 amide bonds. The molecule has 0 aliphatic rings. The van der Waals surface area contributed by atoms with Crippen LogP contribution in [0.15, 0.2) is 0 Å². The number of rotatable bonds is 1. The molecule has 0 aromatic rings. The minimum absolute atomic E-state index is 0.512. The molecule has 0 aliphatic carbocycles. The van der Waals surface area contributed by atoms with Crippen molar-refractivity contribution in [3.8, 4) is 0 Å². The SMILES string of the molecule is CC(C)N([Si])[Si]. The first-order valence-electron chi connectivity index (χ1n) is 1.86. The topological polar surface area (TPSA) is 3.24 Å². The third-order valence-corrected chi connectivity index (χ3v) is 1.55. The molecule has 0 heterocycles. The summed E-state index contributed by atoms with van der Waals surface area (Å²) >= 11 is 0. The second-order valence-corrected chi connectivity index (χ2v) is 2.87. The summed E-state index contributed by atoms with van der Waals surface area (Å²) in [7, 11) is 6.46. The molecule has 0 N–H and O–H groups in total. The molecule has 0 aromatic carbocycles. The van der Waals surface area contributed by atoms with Gasteiger partial charge in [-0.25, -0.2) is 0 Å². The van der Waals surface area contributed by atoms with Crippen LogP contribution in [0.1, 0.15) is 13.8 Å². The molecule has 3 heteroatoms. The van der Waals surface area contributed by atoms with Gasteiger partial charge in [-0.2, -0.15) is 0 Å². The summed E-state index contributed by atoms with van der Waals surface area (Å²) in [6, 6.07) is 0.512. The van der Waals surface area contributed by atoms with E-state index in [1.165, 1.54) is 0 Å². The van der Waals surface area contributed by atoms with Gasteiger partial charge in [0.1, 0.15) is 20.8 Å². The molecule has 0 aromatic heterocycles. The predicted octanol–water partition coefficient (Wildman–Crippen LogP) is -0.136. The van der Waals surface area contributed by atoms with E-state index in [9.17, 15) is 0 Å². The first-order chi connectivity index (χ1) is 2.64. The molecule has 1 nitrogen and oxygen atoms in total. The van der Waals surface area contributed by atoms with Crippen molar-refractivity contribution < 1.29 is 0 Å². The highest BCUT2D eigenvalue weighted by atomic mass is 28.2. The van der Waals surface area contributed by atoms with E-state index < -0.39 is 0 Å². The van der Waals surface area contributed by atoms with Crippen molar-refractivity contribution in [2.24, 2.45) is 0 Å². The Labute approximate surface area is 45.7 Å². The maximum Gasteiger partial charge on any atom is 0.135 e. The molecule has 0 unspecified atom stereocenters. The number of hydrogen-bond acceptors (Lipinski definition) is 1. The van der Waals surface area contributed by atoms with Crippen molar-refractivity contribution in [2.45, 2.75) is 19.9 Å². The average Bonchev–Trinajstić information content (AvgIpc) is 1.36. The van der Waals surface area contributed by atoms with E-state index in [2.05, 4.69) is 34.7 Å². The van der Waals surface area contributed by atoms with Crippen LogP contribution in [-0.4, -0.2) is 31.1 Å². The van der Waals surface area contributed by atoms with Gasteiger partial charge < -0.3 is 4.23 Å². The predicted molar refractivity (Wildman–Crippen MR) is 28.5 cm³/mol. The fourth-order valence-corrected chi connectivity index (χ4v) is 0. The molecule has 32 valence electrons. The first kappa shape index (κ1) is 6.39. The third kappa shape index (κ3) is 2.62. The van der Waals surface area contributed by atoms with Gasteiger partial charge in [0.05, 0.1) is 0 Å². The summed E-state index contributed by atoms with van der Waals surface area (Å²) in [5.74, 6) is 0. The van der Waals surface area contributed by atoms with Crippen LogP contribution in [0.2, 0.25) is 0 Å². The standard InChI is InChI=1S/C3H7NSi2/c1-3(2)4(5)6/h3H,1-2H3. The molecular weight excluding hydrogens is 106 g/mol. The zero-order valence-corrected chi connectivity index (χ0v) is 6.02. The lowest BCUT2D eigenvalue weighted by atomic mass is 10.4. The fraction of sp³-hybridized carbons (Fsp3) is 1.00. The maximum atomic E-state index is 3.23. The van der Waals surface area contributed by atoms with E-state index >= 15 is 0 Å². The van der Waals surface area contributed by atoms with Gasteiger partial charge in [0.25, 0.3) is 0 Å². The van der Waals surface area contributed by atoms with Crippen molar-refractivity contribution in [1.82, 2.24) is 4.23 Å². The van der Waals surface area contributed by atoms with Crippen molar-refractivity contribution in [3.63, 3.8) is 0 Å². The van der Waals surface area contributed by atoms with E-state index in [-0.39, 0.29) is 0 Å². The molecule has 0 spiro atoms. The molecule has 0 saturated heterocycles. The lowest BCUT2D eigenvalue weighted by Crippen LogP contribution is -2.24. The van der Waals surface area contributed by atoms with Crippen molar-refractivity contribution in [1.29, 1.82) is 0 Å². The summed E-state index contributed by atoms with van der Waals surface area (Å²) in [5.41, 5.74) is 0. The Morgan fingerprint density at radius 3 is 1.50 bits per heavy atom. The van der Waals surface area contributed by atoms with E-state index in [1.54, 1.807) is 4.23 Å². The van der Waals surface area contributed by atoms with E-state index in [0.29, 0.717) is 6.04 Å². The summed E-state index contributed by atoms with van der Waals surface area (Å²) in [6.07, 6.45) is 0. The van der Waals surface area contributed by atoms with Crippen LogP contribution in [0.5, 0.6) is 0 Å². The van der Waals surface area contributed by atoms with E-state index in [4.69, 9.17) is 0 Å². The Hall–Kier alpha value is 0.394. The van der Waals surface area contributed by atoms with Gasteiger partial charge in [-0.15, -0.1) is 0 Å². The van der Waals surface area contributed by atoms with Gasteiger partial charge in [-0.05, 0) is 6.04 Å². The molecule has 0 atom stereocenters. The molecule has 0 fully saturated rings. The second kappa shape index (κ2) is 2.55. The minimum atomic E-state index is 0.512. The van der Waals surface area contributed by atoms with Gasteiger partial charge >= 0.3 is 0 Å². The summed E-state index contributed by atoms with van der Waals surface area (Å²) in [6.45, 7) is 4.14. The Morgan fingerprint density at radius 1 is 1.33 bits per heavy atom. The summed E-state index contributed by atoms with van der Waals surface area (Å²) in [5, 5.41) is 0. The number of nitrogens with zero attached hydrogens (tertiary/aromatic N) is 1. The summed E-state index contributed by atoms with van der Waals surface area (Å²) in [4.78, 5) is 0. The van der Waals surface area contributed by atoms with Crippen LogP contribution in [-0.2, 0) is 0 Å². The zero-order chi connectivity index (χ0) is 5.15. The molecule has 0 rings (SSSR count). The Kier molecular flexibility index (Phi) is 2.71. The summed E-state index contributed by atoms with van der Waals surface area (Å²) < 4.78 is 1.78. The Bertz CT molecular complexity index is 29.8. The van der Waals surface area contributed by atoms with Crippen molar-refractivity contribution in [3.05, 3.63) is 0 Å². The smallest absolute Gasteiger partial charge is 0.135 e. The lowest BCUT2D eigenvalue weighted by molar-refractivity contribution is 0.569. The third-order valence-electron chi connectivity index (χ3n) is 0.516. The quantitative estimate of drug-likeness (QED) is 0.428. The van der Waals surface area contributed by atoms with Crippen LogP contribution in [0.25, 0.3) is 0 Å². The van der Waals surface area contributed by atoms with Gasteiger partial charge in [0, 0.05) is 0 Å². The lowest BCUT2D eigenvalue weighted by Gasteiger charge is -2.12. The molecule has 0 aliphatic heterocycles. The largest absolute Gasteiger partial charge is 0.350 e. The average molecular weight is 113 g/mol. The van der Waals surface area contributed by atoms with E-state index in [1.807, 2.05) is 0 Å². The monoisotopic (exact) mass is 113 g/mol. The Morgan fingerprint density at radius 2 is 1.50 bits per heavy atom. The van der Waals surface area contributed by atoms with Crippen LogP contribution in [0.3, 0.4) is 0 Å². The van der Waals surface area contributed by atoms with Crippen LogP contribution in [0, 0.1) is 0 Å². The number of hydrogen-bond donors (Lipinski definition) is 0. The maximum absolute atomic E-state index is 3.23. The van der Waals surface area contributed by atoms with Gasteiger partial charge in [-0.3, -0.25) is 0 Å². The second-order valence-electron chi connectivity index (χ2n) is 1.46. The van der Waals surface area contributed by atoms with E-state index in [0.717, 1.165) is 0 Å². The molecule has 0 bridgehead atoms. The first-order valence-corrected chi connectivity index (χ1v) is 2.75. The van der Waals surface area contributed by atoms with Crippen molar-refractivity contribution >= 4 is 20.8 Å². The van der Waals surface area contributed by atoms with Crippen molar-refractivity contribution in [2.75, 3.05) is 0 Å². The zero-order valence-electron chi connectivity index (χ0n) is 4.02. The Balaban J connectivity index is 2.99. The minimum Gasteiger partial charge on any atom is -0.350 e. The molecular formula is C3H7NSi2. The highest BCUT2D eigenvalue weighted by Gasteiger charge is 1.91. The molecule has 6 heavy (non-hydrogen) atoms. The fourth-order valence-electron chi connectivity index (χ4n) is 0. The highest BCUT2D eigenvalue weighted by molar-refractivity contribution is 6.25. The van der Waals surface area contributed by atoms with Crippen LogP contribution in [0.4, 0.5) is 0 Å². The molecule has 0 saturated carbocycles. The van der Waals surface area contributed by atoms with Gasteiger partial charge in [0.15, 0.2) is 0 Å². The molecule has 6 radical (unpaired) electrons. The van der Waals surface area contributed by atoms with Crippen LogP contribution >= 0.6 is 0 Å². The van der Waals surface area contributed by atoms with Gasteiger partial charge in [0.2, 0.25) is 0 Å². The van der Waals surface area contributed by atoms with Crippen LogP contribution < -0.4 is 0 Å².